The van der Waals surface area contributed by atoms with Gasteiger partial charge in [0.25, 0.3) is 0 Å². The lowest BCUT2D eigenvalue weighted by Gasteiger charge is -2.32. The summed E-state index contributed by atoms with van der Waals surface area (Å²) in [5.74, 6) is 0.207. The monoisotopic (exact) mass is 291 g/mol. The molecule has 116 valence electrons. The molecule has 0 bridgehead atoms. The van der Waals surface area contributed by atoms with E-state index in [1.54, 1.807) is 4.90 Å². The van der Waals surface area contributed by atoms with Gasteiger partial charge in [-0.1, -0.05) is 12.1 Å². The molecule has 2 rings (SSSR count). The molecule has 5 nitrogen and oxygen atoms in total. The molecular weight excluding hydrogens is 266 g/mol. The van der Waals surface area contributed by atoms with Crippen molar-refractivity contribution in [2.45, 2.75) is 19.8 Å². The molecule has 1 aromatic rings. The molecule has 1 aliphatic rings. The molecule has 5 heteroatoms. The minimum absolute atomic E-state index is 0.0786. The average molecular weight is 291 g/mol. The first-order chi connectivity index (χ1) is 10.2. The fraction of sp³-hybridized carbons (Fsp3) is 0.562. The Bertz CT molecular complexity index is 478. The second-order valence-electron chi connectivity index (χ2n) is 5.60. The van der Waals surface area contributed by atoms with Crippen LogP contribution in [-0.2, 0) is 0 Å². The molecule has 0 spiro atoms. The number of rotatable bonds is 4. The zero-order valence-corrected chi connectivity index (χ0v) is 12.9. The lowest BCUT2D eigenvalue weighted by Crippen LogP contribution is -2.43. The second-order valence-corrected chi connectivity index (χ2v) is 5.60. The third-order valence-corrected chi connectivity index (χ3v) is 4.10. The molecule has 1 heterocycles. The number of carbonyl (C=O) groups is 1. The molecule has 1 fully saturated rings. The van der Waals surface area contributed by atoms with E-state index in [-0.39, 0.29) is 18.6 Å². The molecule has 2 N–H and O–H groups in total. The lowest BCUT2D eigenvalue weighted by atomic mass is 9.99. The van der Waals surface area contributed by atoms with Crippen molar-refractivity contribution >= 4 is 17.4 Å². The van der Waals surface area contributed by atoms with Gasteiger partial charge in [-0.25, -0.2) is 4.79 Å². The maximum absolute atomic E-state index is 12.4. The van der Waals surface area contributed by atoms with Crippen LogP contribution in [0.5, 0.6) is 0 Å². The predicted molar refractivity (Wildman–Crippen MR) is 85.8 cm³/mol. The van der Waals surface area contributed by atoms with Crippen LogP contribution in [-0.4, -0.2) is 49.3 Å². The van der Waals surface area contributed by atoms with Crippen molar-refractivity contribution in [2.24, 2.45) is 5.92 Å². The largest absolute Gasteiger partial charge is 0.396 e. The Morgan fingerprint density at radius 3 is 2.95 bits per heavy atom. The Balaban J connectivity index is 2.06. The number of hydrogen-bond acceptors (Lipinski definition) is 3. The number of amides is 2. The van der Waals surface area contributed by atoms with Gasteiger partial charge >= 0.3 is 6.03 Å². The van der Waals surface area contributed by atoms with Gasteiger partial charge in [0.05, 0.1) is 11.4 Å². The van der Waals surface area contributed by atoms with Gasteiger partial charge in [-0.2, -0.15) is 0 Å². The standard InChI is InChI=1S/C16H25N3O2/c1-3-18(2)15-9-5-4-8-14(15)17-16(21)19-10-6-7-13(11-19)12-20/h4-5,8-9,13,20H,3,6-7,10-12H2,1-2H3,(H,17,21). The fourth-order valence-electron chi connectivity index (χ4n) is 2.68. The van der Waals surface area contributed by atoms with Crippen LogP contribution in [0.15, 0.2) is 24.3 Å². The van der Waals surface area contributed by atoms with E-state index in [1.807, 2.05) is 31.3 Å². The van der Waals surface area contributed by atoms with Crippen LogP contribution in [0.2, 0.25) is 0 Å². The number of aliphatic hydroxyl groups is 1. The molecule has 21 heavy (non-hydrogen) atoms. The van der Waals surface area contributed by atoms with Gasteiger partial charge in [-0.3, -0.25) is 0 Å². The van der Waals surface area contributed by atoms with E-state index in [0.717, 1.165) is 37.3 Å². The van der Waals surface area contributed by atoms with Crippen LogP contribution in [0.25, 0.3) is 0 Å². The minimum Gasteiger partial charge on any atom is -0.396 e. The Hall–Kier alpha value is -1.75. The highest BCUT2D eigenvalue weighted by Crippen LogP contribution is 2.25. The number of piperidine rings is 1. The summed E-state index contributed by atoms with van der Waals surface area (Å²) in [4.78, 5) is 16.3. The minimum atomic E-state index is -0.0786. The topological polar surface area (TPSA) is 55.8 Å². The predicted octanol–water partition coefficient (Wildman–Crippen LogP) is 2.38. The smallest absolute Gasteiger partial charge is 0.321 e. The van der Waals surface area contributed by atoms with Gasteiger partial charge < -0.3 is 20.2 Å². The number of para-hydroxylation sites is 2. The number of carbonyl (C=O) groups excluding carboxylic acids is 1. The first kappa shape index (κ1) is 15.6. The molecule has 1 atom stereocenters. The third-order valence-electron chi connectivity index (χ3n) is 4.10. The number of nitrogens with zero attached hydrogens (tertiary/aromatic N) is 2. The fourth-order valence-corrected chi connectivity index (χ4v) is 2.68. The van der Waals surface area contributed by atoms with E-state index in [0.29, 0.717) is 6.54 Å². The van der Waals surface area contributed by atoms with E-state index in [9.17, 15) is 9.90 Å². The number of aliphatic hydroxyl groups excluding tert-OH is 1. The van der Waals surface area contributed by atoms with Crippen molar-refractivity contribution in [3.05, 3.63) is 24.3 Å². The van der Waals surface area contributed by atoms with Crippen molar-refractivity contribution < 1.29 is 9.90 Å². The maximum Gasteiger partial charge on any atom is 0.321 e. The van der Waals surface area contributed by atoms with E-state index in [4.69, 9.17) is 0 Å². The van der Waals surface area contributed by atoms with Crippen LogP contribution in [0.1, 0.15) is 19.8 Å². The molecule has 1 aromatic carbocycles. The number of nitrogens with one attached hydrogen (secondary N) is 1. The highest BCUT2D eigenvalue weighted by atomic mass is 16.3. The van der Waals surface area contributed by atoms with E-state index < -0.39 is 0 Å². The zero-order chi connectivity index (χ0) is 15.2. The summed E-state index contributed by atoms with van der Waals surface area (Å²) < 4.78 is 0. The molecule has 0 saturated carbocycles. The van der Waals surface area contributed by atoms with Crippen molar-refractivity contribution in [3.8, 4) is 0 Å². The number of likely N-dealkylation sites (tertiary alicyclic amines) is 1. The van der Waals surface area contributed by atoms with Gasteiger partial charge in [0.15, 0.2) is 0 Å². The molecule has 2 amide bonds. The Morgan fingerprint density at radius 2 is 2.24 bits per heavy atom. The molecule has 0 aliphatic carbocycles. The van der Waals surface area contributed by atoms with Gasteiger partial charge in [0, 0.05) is 33.3 Å². The summed E-state index contributed by atoms with van der Waals surface area (Å²) in [6, 6.07) is 7.75. The summed E-state index contributed by atoms with van der Waals surface area (Å²) >= 11 is 0. The first-order valence-electron chi connectivity index (χ1n) is 7.62. The van der Waals surface area contributed by atoms with Crippen LogP contribution >= 0.6 is 0 Å². The molecular formula is C16H25N3O2. The lowest BCUT2D eigenvalue weighted by molar-refractivity contribution is 0.136. The summed E-state index contributed by atoms with van der Waals surface area (Å²) in [6.07, 6.45) is 1.95. The number of anilines is 2. The summed E-state index contributed by atoms with van der Waals surface area (Å²) in [7, 11) is 2.01. The van der Waals surface area contributed by atoms with Crippen molar-refractivity contribution in [1.29, 1.82) is 0 Å². The third kappa shape index (κ3) is 3.88. The molecule has 0 aromatic heterocycles. The average Bonchev–Trinajstić information content (AvgIpc) is 2.54. The van der Waals surface area contributed by atoms with Crippen LogP contribution in [0.4, 0.5) is 16.2 Å². The number of benzene rings is 1. The van der Waals surface area contributed by atoms with E-state index in [2.05, 4.69) is 17.1 Å². The van der Waals surface area contributed by atoms with Crippen molar-refractivity contribution in [1.82, 2.24) is 4.90 Å². The van der Waals surface area contributed by atoms with Gasteiger partial charge in [-0.05, 0) is 37.8 Å². The highest BCUT2D eigenvalue weighted by Gasteiger charge is 2.23. The van der Waals surface area contributed by atoms with Crippen molar-refractivity contribution in [3.63, 3.8) is 0 Å². The number of urea groups is 1. The SMILES string of the molecule is CCN(C)c1ccccc1NC(=O)N1CCCC(CO)C1. The highest BCUT2D eigenvalue weighted by molar-refractivity contribution is 5.93. The Kier molecular flexibility index (Phi) is 5.44. The van der Waals surface area contributed by atoms with Crippen molar-refractivity contribution in [2.75, 3.05) is 43.5 Å². The van der Waals surface area contributed by atoms with E-state index in [1.165, 1.54) is 0 Å². The number of hydrogen-bond donors (Lipinski definition) is 2. The van der Waals surface area contributed by atoms with Crippen LogP contribution in [0, 0.1) is 5.92 Å². The molecule has 1 aliphatic heterocycles. The molecule has 1 saturated heterocycles. The normalized spacial score (nSPS) is 18.4. The Labute approximate surface area is 126 Å². The summed E-state index contributed by atoms with van der Waals surface area (Å²) in [5.41, 5.74) is 1.85. The zero-order valence-electron chi connectivity index (χ0n) is 12.9. The van der Waals surface area contributed by atoms with Gasteiger partial charge in [0.2, 0.25) is 0 Å². The molecule has 0 radical (unpaired) electrons. The second kappa shape index (κ2) is 7.31. The summed E-state index contributed by atoms with van der Waals surface area (Å²) in [5, 5.41) is 12.3. The Morgan fingerprint density at radius 1 is 1.48 bits per heavy atom. The van der Waals surface area contributed by atoms with Crippen LogP contribution < -0.4 is 10.2 Å². The maximum atomic E-state index is 12.4. The quantitative estimate of drug-likeness (QED) is 0.895. The summed E-state index contributed by atoms with van der Waals surface area (Å²) in [6.45, 7) is 4.50. The van der Waals surface area contributed by atoms with Gasteiger partial charge in [0.1, 0.15) is 0 Å². The van der Waals surface area contributed by atoms with E-state index >= 15 is 0 Å². The van der Waals surface area contributed by atoms with Crippen LogP contribution in [0.3, 0.4) is 0 Å². The first-order valence-corrected chi connectivity index (χ1v) is 7.62. The van der Waals surface area contributed by atoms with Gasteiger partial charge in [-0.15, -0.1) is 0 Å². The molecule has 1 unspecified atom stereocenters.